The molecule has 3 N–H and O–H groups in total. The molecule has 1 saturated heterocycles. The maximum Gasteiger partial charge on any atom is 0.334 e. The molecule has 4 rings (SSSR count). The minimum Gasteiger partial charge on any atom is -0.492 e. The van der Waals surface area contributed by atoms with Gasteiger partial charge in [0.25, 0.3) is 0 Å². The Balaban J connectivity index is 0.00000240. The van der Waals surface area contributed by atoms with Crippen molar-refractivity contribution in [3.63, 3.8) is 0 Å². The topological polar surface area (TPSA) is 113 Å². The molecule has 2 aliphatic heterocycles. The molecule has 0 spiro atoms. The normalized spacial score (nSPS) is 26.3. The van der Waals surface area contributed by atoms with Gasteiger partial charge in [0.1, 0.15) is 5.69 Å². The van der Waals surface area contributed by atoms with E-state index in [1.165, 1.54) is 12.0 Å². The van der Waals surface area contributed by atoms with E-state index in [-0.39, 0.29) is 53.1 Å². The summed E-state index contributed by atoms with van der Waals surface area (Å²) in [4.78, 5) is 40.0. The smallest absolute Gasteiger partial charge is 0.334 e. The molecule has 1 aliphatic carbocycles. The van der Waals surface area contributed by atoms with Gasteiger partial charge in [0.05, 0.1) is 18.4 Å². The molecule has 1 aromatic carbocycles. The summed E-state index contributed by atoms with van der Waals surface area (Å²) in [6.07, 6.45) is 1.37. The summed E-state index contributed by atoms with van der Waals surface area (Å²) >= 11 is 0. The first-order chi connectivity index (χ1) is 13.3. The van der Waals surface area contributed by atoms with Crippen LogP contribution in [0.25, 0.3) is 0 Å². The number of carbonyl (C=O) groups excluding carboxylic acids is 2. The van der Waals surface area contributed by atoms with Crippen LogP contribution in [0, 0.1) is 11.7 Å². The summed E-state index contributed by atoms with van der Waals surface area (Å²) in [7, 11) is 1.35. The molecule has 158 valence electrons. The Labute approximate surface area is 173 Å². The van der Waals surface area contributed by atoms with E-state index < -0.39 is 29.4 Å². The highest BCUT2D eigenvalue weighted by molar-refractivity contribution is 6.51. The highest BCUT2D eigenvalue weighted by Gasteiger charge is 2.51. The number of halogens is 2. The van der Waals surface area contributed by atoms with E-state index >= 15 is 4.39 Å². The number of rotatable bonds is 4. The number of hydrogen-bond donors (Lipinski definition) is 2. The van der Waals surface area contributed by atoms with Crippen molar-refractivity contribution in [2.45, 2.75) is 37.9 Å². The number of anilines is 2. The summed E-state index contributed by atoms with van der Waals surface area (Å²) in [6.45, 7) is 2.88. The fraction of sp³-hybridized carbons (Fsp3) is 0.526. The second kappa shape index (κ2) is 7.46. The summed E-state index contributed by atoms with van der Waals surface area (Å²) in [5.74, 6) is -3.94. The maximum atomic E-state index is 15.1. The molecule has 0 bridgehead atoms. The van der Waals surface area contributed by atoms with Crippen molar-refractivity contribution in [1.29, 1.82) is 0 Å². The Morgan fingerprint density at radius 1 is 1.28 bits per heavy atom. The number of Topliss-reactive ketones (excluding diaryl/α,β-unsaturated/α-hetero) is 2. The molecule has 10 heteroatoms. The van der Waals surface area contributed by atoms with E-state index in [0.29, 0.717) is 25.9 Å². The molecule has 29 heavy (non-hydrogen) atoms. The highest BCUT2D eigenvalue weighted by atomic mass is 35.5. The molecule has 3 aliphatic rings. The van der Waals surface area contributed by atoms with Gasteiger partial charge in [-0.05, 0) is 24.8 Å². The van der Waals surface area contributed by atoms with Crippen LogP contribution >= 0.6 is 12.4 Å². The SMILES string of the molecule is COc1c(N2C[C@@H](N)[C@@H](C)C2)c(F)cc2c1N(C1CC1)C(C(=O)O)C(=O)C2=O.Cl. The van der Waals surface area contributed by atoms with Crippen LogP contribution in [0.5, 0.6) is 5.75 Å². The quantitative estimate of drug-likeness (QED) is 0.545. The van der Waals surface area contributed by atoms with Crippen molar-refractivity contribution < 1.29 is 28.6 Å². The van der Waals surface area contributed by atoms with E-state index in [9.17, 15) is 19.5 Å². The predicted molar refractivity (Wildman–Crippen MR) is 106 cm³/mol. The largest absolute Gasteiger partial charge is 0.492 e. The third-order valence-electron chi connectivity index (χ3n) is 5.80. The van der Waals surface area contributed by atoms with Gasteiger partial charge < -0.3 is 25.4 Å². The van der Waals surface area contributed by atoms with Gasteiger partial charge in [-0.1, -0.05) is 6.92 Å². The number of methoxy groups -OCH3 is 1. The number of carboxylic acids is 1. The minimum absolute atomic E-state index is 0. The van der Waals surface area contributed by atoms with Gasteiger partial charge in [-0.15, -0.1) is 12.4 Å². The lowest BCUT2D eigenvalue weighted by molar-refractivity contribution is -0.141. The number of carbonyl (C=O) groups is 3. The summed E-state index contributed by atoms with van der Waals surface area (Å²) in [5.41, 5.74) is 6.27. The van der Waals surface area contributed by atoms with Gasteiger partial charge in [0, 0.05) is 25.2 Å². The molecule has 0 radical (unpaired) electrons. The van der Waals surface area contributed by atoms with Gasteiger partial charge in [-0.3, -0.25) is 9.59 Å². The molecule has 8 nitrogen and oxygen atoms in total. The summed E-state index contributed by atoms with van der Waals surface area (Å²) < 4.78 is 20.6. The number of ketones is 2. The van der Waals surface area contributed by atoms with Crippen LogP contribution in [0.3, 0.4) is 0 Å². The zero-order valence-electron chi connectivity index (χ0n) is 16.1. The van der Waals surface area contributed by atoms with E-state index in [4.69, 9.17) is 10.5 Å². The molecule has 1 aromatic rings. The zero-order valence-corrected chi connectivity index (χ0v) is 16.9. The molecule has 0 amide bonds. The minimum atomic E-state index is -1.63. The van der Waals surface area contributed by atoms with E-state index in [2.05, 4.69) is 0 Å². The van der Waals surface area contributed by atoms with Gasteiger partial charge in [0.15, 0.2) is 17.6 Å². The second-order valence-corrected chi connectivity index (χ2v) is 7.76. The number of aliphatic carboxylic acids is 1. The van der Waals surface area contributed by atoms with Crippen molar-refractivity contribution in [1.82, 2.24) is 0 Å². The molecular weight excluding hydrogens is 405 g/mol. The van der Waals surface area contributed by atoms with Crippen molar-refractivity contribution in [2.24, 2.45) is 11.7 Å². The van der Waals surface area contributed by atoms with Crippen molar-refractivity contribution in [2.75, 3.05) is 30.0 Å². The van der Waals surface area contributed by atoms with E-state index in [1.54, 1.807) is 4.90 Å². The van der Waals surface area contributed by atoms with Crippen molar-refractivity contribution in [3.05, 3.63) is 17.4 Å². The van der Waals surface area contributed by atoms with Crippen LogP contribution in [-0.4, -0.2) is 61.0 Å². The molecule has 1 unspecified atom stereocenters. The van der Waals surface area contributed by atoms with Crippen molar-refractivity contribution in [3.8, 4) is 5.75 Å². The number of fused-ring (bicyclic) bond motifs is 1. The Kier molecular flexibility index (Phi) is 5.48. The van der Waals surface area contributed by atoms with E-state index in [1.807, 2.05) is 6.92 Å². The predicted octanol–water partition coefficient (Wildman–Crippen LogP) is 1.23. The lowest BCUT2D eigenvalue weighted by atomic mass is 9.91. The summed E-state index contributed by atoms with van der Waals surface area (Å²) in [5, 5.41) is 9.61. The highest BCUT2D eigenvalue weighted by Crippen LogP contribution is 2.49. The molecule has 2 heterocycles. The number of nitrogens with two attached hydrogens (primary N) is 1. The number of ether oxygens (including phenoxy) is 1. The number of hydrogen-bond acceptors (Lipinski definition) is 7. The molecule has 3 atom stereocenters. The second-order valence-electron chi connectivity index (χ2n) is 7.76. The molecular formula is C19H23ClFN3O5. The average Bonchev–Trinajstić information content (AvgIpc) is 3.42. The lowest BCUT2D eigenvalue weighted by Crippen LogP contribution is -2.54. The zero-order chi connectivity index (χ0) is 20.3. The summed E-state index contributed by atoms with van der Waals surface area (Å²) in [6, 6.07) is -0.951. The molecule has 2 fully saturated rings. The number of nitrogens with zero attached hydrogens (tertiary/aromatic N) is 2. The fourth-order valence-electron chi connectivity index (χ4n) is 4.19. The third-order valence-corrected chi connectivity index (χ3v) is 5.80. The van der Waals surface area contributed by atoms with Gasteiger partial charge in [0.2, 0.25) is 11.6 Å². The Morgan fingerprint density at radius 3 is 2.41 bits per heavy atom. The van der Waals surface area contributed by atoms with Crippen LogP contribution in [0.2, 0.25) is 0 Å². The Bertz CT molecular complexity index is 881. The van der Waals surface area contributed by atoms with Gasteiger partial charge in [-0.25, -0.2) is 9.18 Å². The molecule has 0 aromatic heterocycles. The van der Waals surface area contributed by atoms with Gasteiger partial charge >= 0.3 is 5.97 Å². The average molecular weight is 428 g/mol. The first-order valence-electron chi connectivity index (χ1n) is 9.27. The van der Waals surface area contributed by atoms with Crippen LogP contribution in [-0.2, 0) is 9.59 Å². The first kappa shape index (κ1) is 21.3. The van der Waals surface area contributed by atoms with Crippen molar-refractivity contribution >= 4 is 41.3 Å². The van der Waals surface area contributed by atoms with E-state index in [0.717, 1.165) is 6.07 Å². The Morgan fingerprint density at radius 2 is 1.93 bits per heavy atom. The monoisotopic (exact) mass is 427 g/mol. The fourth-order valence-corrected chi connectivity index (χ4v) is 4.19. The maximum absolute atomic E-state index is 15.1. The number of benzene rings is 1. The Hall–Kier alpha value is -2.39. The van der Waals surface area contributed by atoms with Crippen LogP contribution in [0.4, 0.5) is 15.8 Å². The standard InChI is InChI=1S/C19H22FN3O5.ClH/c1-8-6-22(7-12(8)21)14-11(20)5-10-13(18(14)28-2)23(9-3-4-9)15(19(26)27)17(25)16(10)24;/h5,8-9,12,15H,3-4,6-7,21H2,1-2H3,(H,26,27);1H/t8-,12+,15?;/m0./s1. The van der Waals surface area contributed by atoms with Gasteiger partial charge in [-0.2, -0.15) is 0 Å². The lowest BCUT2D eigenvalue weighted by Gasteiger charge is -2.37. The third kappa shape index (κ3) is 3.22. The van der Waals surface area contributed by atoms with Crippen LogP contribution in [0.15, 0.2) is 6.07 Å². The number of carboxylic acid groups (broad SMARTS) is 1. The van der Waals surface area contributed by atoms with Crippen LogP contribution < -0.4 is 20.3 Å². The van der Waals surface area contributed by atoms with Crippen LogP contribution in [0.1, 0.15) is 30.1 Å². The first-order valence-corrected chi connectivity index (χ1v) is 9.27. The molecule has 1 saturated carbocycles.